The van der Waals surface area contributed by atoms with Crippen molar-refractivity contribution in [3.05, 3.63) is 95.1 Å². The number of carbonyl (C=O) groups is 2. The monoisotopic (exact) mass is 410 g/mol. The number of ether oxygens (including phenoxy) is 1. The molecule has 3 aromatic carbocycles. The highest BCUT2D eigenvalue weighted by molar-refractivity contribution is 7.98. The molecule has 29 heavy (non-hydrogen) atoms. The Kier molecular flexibility index (Phi) is 14.6. The zero-order chi connectivity index (χ0) is 22.1. The molecule has 0 radical (unpaired) electrons. The van der Waals surface area contributed by atoms with Crippen molar-refractivity contribution in [1.29, 1.82) is 0 Å². The van der Waals surface area contributed by atoms with Gasteiger partial charge in [-0.1, -0.05) is 65.2 Å². The summed E-state index contributed by atoms with van der Waals surface area (Å²) in [5.74, 6) is 0.915. The highest BCUT2D eigenvalue weighted by Gasteiger charge is 1.89. The van der Waals surface area contributed by atoms with Crippen molar-refractivity contribution in [3.63, 3.8) is 0 Å². The molecule has 0 heterocycles. The Morgan fingerprint density at radius 3 is 1.41 bits per heavy atom. The second-order valence-corrected chi connectivity index (χ2v) is 6.94. The summed E-state index contributed by atoms with van der Waals surface area (Å²) in [6.45, 7) is 8.19. The van der Waals surface area contributed by atoms with E-state index in [0.717, 1.165) is 17.6 Å². The molecule has 0 saturated carbocycles. The molecule has 0 aromatic heterocycles. The van der Waals surface area contributed by atoms with Gasteiger partial charge in [-0.2, -0.15) is 0 Å². The maximum atomic E-state index is 10.1. The maximum absolute atomic E-state index is 10.1. The number of rotatable bonds is 3. The minimum atomic E-state index is 0.737. The number of hydrogen-bond donors (Lipinski definition) is 0. The molecule has 0 amide bonds. The van der Waals surface area contributed by atoms with Crippen LogP contribution in [0.2, 0.25) is 0 Å². The van der Waals surface area contributed by atoms with Gasteiger partial charge in [-0.25, -0.2) is 0 Å². The molecule has 4 heteroatoms. The molecule has 154 valence electrons. The predicted octanol–water partition coefficient (Wildman–Crippen LogP) is 6.34. The first-order valence-electron chi connectivity index (χ1n) is 9.00. The third-order valence-electron chi connectivity index (χ3n) is 3.73. The van der Waals surface area contributed by atoms with Gasteiger partial charge in [0.05, 0.1) is 7.11 Å². The third kappa shape index (κ3) is 12.3. The van der Waals surface area contributed by atoms with E-state index in [4.69, 9.17) is 9.53 Å². The SMILES string of the molecule is C=O.COc1ccc(SC)cc1.Cc1ccc(C)cc1.Cc1ccc(C=O)cc1. The van der Waals surface area contributed by atoms with Gasteiger partial charge in [0, 0.05) is 10.5 Å². The summed E-state index contributed by atoms with van der Waals surface area (Å²) in [4.78, 5) is 19.4. The number of carbonyl (C=O) groups excluding carboxylic acids is 2. The van der Waals surface area contributed by atoms with Crippen molar-refractivity contribution >= 4 is 24.8 Å². The lowest BCUT2D eigenvalue weighted by atomic mass is 10.2. The number of thioether (sulfide) groups is 1. The van der Waals surface area contributed by atoms with Crippen LogP contribution in [-0.2, 0) is 4.79 Å². The van der Waals surface area contributed by atoms with E-state index in [1.54, 1.807) is 18.9 Å². The second-order valence-electron chi connectivity index (χ2n) is 6.06. The maximum Gasteiger partial charge on any atom is 0.150 e. The fourth-order valence-electron chi connectivity index (χ4n) is 1.99. The number of benzene rings is 3. The predicted molar refractivity (Wildman–Crippen MR) is 124 cm³/mol. The standard InChI is InChI=1S/C8H10OS.C8H8O.C8H10.CH2O/c1-9-7-3-5-8(10-2)6-4-7;1-7-2-4-8(6-9)5-3-7;1-7-3-5-8(2)6-4-7;1-2/h3-6H,1-2H3;2-6H,1H3;3-6H,1-2H3;1H2. The van der Waals surface area contributed by atoms with Crippen LogP contribution in [0.15, 0.2) is 77.7 Å². The molecule has 0 N–H and O–H groups in total. The van der Waals surface area contributed by atoms with Crippen LogP contribution in [0.1, 0.15) is 27.0 Å². The highest BCUT2D eigenvalue weighted by Crippen LogP contribution is 2.18. The van der Waals surface area contributed by atoms with Gasteiger partial charge in [0.2, 0.25) is 0 Å². The van der Waals surface area contributed by atoms with Crippen molar-refractivity contribution in [2.75, 3.05) is 13.4 Å². The number of hydrogen-bond acceptors (Lipinski definition) is 4. The van der Waals surface area contributed by atoms with E-state index in [-0.39, 0.29) is 0 Å². The van der Waals surface area contributed by atoms with Gasteiger partial charge < -0.3 is 9.53 Å². The van der Waals surface area contributed by atoms with Gasteiger partial charge in [-0.3, -0.25) is 4.79 Å². The summed E-state index contributed by atoms with van der Waals surface area (Å²) >= 11 is 1.73. The van der Waals surface area contributed by atoms with Crippen LogP contribution in [0, 0.1) is 20.8 Å². The number of methoxy groups -OCH3 is 1. The fourth-order valence-corrected chi connectivity index (χ4v) is 2.40. The topological polar surface area (TPSA) is 43.4 Å². The van der Waals surface area contributed by atoms with E-state index in [1.165, 1.54) is 21.6 Å². The summed E-state index contributed by atoms with van der Waals surface area (Å²) in [6, 6.07) is 24.0. The molecule has 3 nitrogen and oxygen atoms in total. The zero-order valence-electron chi connectivity index (χ0n) is 17.8. The molecule has 0 aliphatic heterocycles. The van der Waals surface area contributed by atoms with Crippen molar-refractivity contribution in [3.8, 4) is 5.75 Å². The normalized spacial score (nSPS) is 8.72. The first-order chi connectivity index (χ1) is 14.0. The van der Waals surface area contributed by atoms with E-state index in [9.17, 15) is 4.79 Å². The Bertz CT molecular complexity index is 751. The van der Waals surface area contributed by atoms with Gasteiger partial charge in [0.15, 0.2) is 0 Å². The highest BCUT2D eigenvalue weighted by atomic mass is 32.2. The third-order valence-corrected chi connectivity index (χ3v) is 4.47. The number of aldehydes is 1. The van der Waals surface area contributed by atoms with Crippen LogP contribution in [0.5, 0.6) is 5.75 Å². The lowest BCUT2D eigenvalue weighted by molar-refractivity contribution is -0.0980. The summed E-state index contributed by atoms with van der Waals surface area (Å²) < 4.78 is 5.00. The van der Waals surface area contributed by atoms with Crippen molar-refractivity contribution in [2.45, 2.75) is 25.7 Å². The minimum absolute atomic E-state index is 0.737. The number of aryl methyl sites for hydroxylation is 3. The van der Waals surface area contributed by atoms with Crippen molar-refractivity contribution in [2.24, 2.45) is 0 Å². The van der Waals surface area contributed by atoms with Gasteiger partial charge in [0.25, 0.3) is 0 Å². The zero-order valence-corrected chi connectivity index (χ0v) is 18.7. The van der Waals surface area contributed by atoms with Crippen LogP contribution < -0.4 is 4.74 Å². The molecule has 0 aliphatic rings. The summed E-state index contributed by atoms with van der Waals surface area (Å²) in [7, 11) is 1.67. The molecule has 3 aromatic rings. The van der Waals surface area contributed by atoms with Crippen LogP contribution in [0.3, 0.4) is 0 Å². The Hall–Kier alpha value is -2.85. The molecule has 0 unspecified atom stereocenters. The molecule has 3 rings (SSSR count). The Labute approximate surface area is 179 Å². The quantitative estimate of drug-likeness (QED) is 0.373. The minimum Gasteiger partial charge on any atom is -0.497 e. The molecule has 0 spiro atoms. The first-order valence-corrected chi connectivity index (χ1v) is 10.2. The lowest BCUT2D eigenvalue weighted by Crippen LogP contribution is -1.80. The van der Waals surface area contributed by atoms with Crippen molar-refractivity contribution in [1.82, 2.24) is 0 Å². The van der Waals surface area contributed by atoms with E-state index in [2.05, 4.69) is 44.4 Å². The smallest absolute Gasteiger partial charge is 0.150 e. The molecule has 0 aliphatic carbocycles. The Morgan fingerprint density at radius 2 is 1.10 bits per heavy atom. The van der Waals surface area contributed by atoms with Crippen LogP contribution >= 0.6 is 11.8 Å². The first kappa shape index (κ1) is 26.1. The summed E-state index contributed by atoms with van der Waals surface area (Å²) in [5, 5.41) is 0. The molecule has 0 fully saturated rings. The molecule has 0 bridgehead atoms. The Balaban J connectivity index is 0.000000390. The molecule has 0 atom stereocenters. The Morgan fingerprint density at radius 1 is 0.724 bits per heavy atom. The lowest BCUT2D eigenvalue weighted by Gasteiger charge is -1.98. The van der Waals surface area contributed by atoms with Gasteiger partial charge in [0.1, 0.15) is 18.8 Å². The van der Waals surface area contributed by atoms with Crippen LogP contribution in [-0.4, -0.2) is 26.4 Å². The van der Waals surface area contributed by atoms with Crippen molar-refractivity contribution < 1.29 is 14.3 Å². The van der Waals surface area contributed by atoms with Gasteiger partial charge in [-0.15, -0.1) is 11.8 Å². The van der Waals surface area contributed by atoms with E-state index >= 15 is 0 Å². The van der Waals surface area contributed by atoms with Crippen LogP contribution in [0.4, 0.5) is 0 Å². The summed E-state index contributed by atoms with van der Waals surface area (Å²) in [5.41, 5.74) is 4.58. The van der Waals surface area contributed by atoms with E-state index < -0.39 is 0 Å². The van der Waals surface area contributed by atoms with Crippen LogP contribution in [0.25, 0.3) is 0 Å². The molecular formula is C25H30O3S. The second kappa shape index (κ2) is 16.1. The van der Waals surface area contributed by atoms with Gasteiger partial charge in [-0.05, 0) is 51.3 Å². The average Bonchev–Trinajstić information content (AvgIpc) is 2.78. The molecular weight excluding hydrogens is 380 g/mol. The van der Waals surface area contributed by atoms with E-state index in [1.807, 2.05) is 62.2 Å². The summed E-state index contributed by atoms with van der Waals surface area (Å²) in [6.07, 6.45) is 2.90. The fraction of sp³-hybridized carbons (Fsp3) is 0.200. The average molecular weight is 411 g/mol. The van der Waals surface area contributed by atoms with Gasteiger partial charge >= 0.3 is 0 Å². The van der Waals surface area contributed by atoms with E-state index in [0.29, 0.717) is 0 Å². The largest absolute Gasteiger partial charge is 0.497 e. The molecule has 0 saturated heterocycles.